The van der Waals surface area contributed by atoms with Crippen molar-refractivity contribution in [3.8, 4) is 0 Å². The van der Waals surface area contributed by atoms with Gasteiger partial charge in [-0.3, -0.25) is 4.79 Å². The first kappa shape index (κ1) is 22.2. The average Bonchev–Trinajstić information content (AvgIpc) is 3.01. The summed E-state index contributed by atoms with van der Waals surface area (Å²) in [5, 5.41) is 0. The molecule has 5 aliphatic carbocycles. The maximum Gasteiger partial charge on any atom is 0.137 e. The van der Waals surface area contributed by atoms with Crippen LogP contribution in [0.15, 0.2) is 11.6 Å². The zero-order valence-corrected chi connectivity index (χ0v) is 21.7. The van der Waals surface area contributed by atoms with Crippen LogP contribution in [0.25, 0.3) is 0 Å². The van der Waals surface area contributed by atoms with Crippen molar-refractivity contribution in [3.63, 3.8) is 0 Å². The molecule has 5 aliphatic rings. The molecule has 8 atom stereocenters. The molecule has 0 radical (unpaired) electrons. The van der Waals surface area contributed by atoms with E-state index in [1.54, 1.807) is 5.57 Å². The van der Waals surface area contributed by atoms with Crippen molar-refractivity contribution in [1.82, 2.24) is 0 Å². The second-order valence-electron chi connectivity index (χ2n) is 14.6. The van der Waals surface area contributed by atoms with Gasteiger partial charge in [-0.2, -0.15) is 0 Å². The summed E-state index contributed by atoms with van der Waals surface area (Å²) in [4.78, 5) is 13.8. The maximum absolute atomic E-state index is 13.8. The van der Waals surface area contributed by atoms with Crippen molar-refractivity contribution in [1.29, 1.82) is 0 Å². The van der Waals surface area contributed by atoms with E-state index in [1.165, 1.54) is 51.4 Å². The number of carbonyl (C=O) groups is 1. The van der Waals surface area contributed by atoms with Gasteiger partial charge in [0, 0.05) is 12.3 Å². The molecule has 5 rings (SSSR count). The SMILES string of the molecule is CC(C)[C@H]1CC[C@@H]2[C@]1(C)CC[C@]1(C)[C@H]3CC(=O)[C@H]4C(C)(C)CCC[C@]4(C)C3=CC[C@@]21C. The molecule has 0 bridgehead atoms. The van der Waals surface area contributed by atoms with Crippen molar-refractivity contribution < 1.29 is 4.79 Å². The highest BCUT2D eigenvalue weighted by molar-refractivity contribution is 5.86. The quantitative estimate of drug-likeness (QED) is 0.387. The molecule has 31 heavy (non-hydrogen) atoms. The van der Waals surface area contributed by atoms with E-state index < -0.39 is 0 Å². The fraction of sp³-hybridized carbons (Fsp3) is 0.900. The Morgan fingerprint density at radius 1 is 0.903 bits per heavy atom. The van der Waals surface area contributed by atoms with Crippen LogP contribution in [0, 0.1) is 56.7 Å². The highest BCUT2D eigenvalue weighted by atomic mass is 16.1. The summed E-state index contributed by atoms with van der Waals surface area (Å²) in [6.45, 7) is 20.1. The lowest BCUT2D eigenvalue weighted by Crippen LogP contribution is -2.62. The van der Waals surface area contributed by atoms with Crippen LogP contribution in [0.1, 0.15) is 113 Å². The van der Waals surface area contributed by atoms with Crippen molar-refractivity contribution in [2.45, 2.75) is 113 Å². The van der Waals surface area contributed by atoms with Gasteiger partial charge < -0.3 is 0 Å². The lowest BCUT2D eigenvalue weighted by atomic mass is 9.35. The minimum atomic E-state index is 0.100. The molecular weight excluding hydrogens is 376 g/mol. The monoisotopic (exact) mass is 424 g/mol. The molecule has 4 saturated carbocycles. The van der Waals surface area contributed by atoms with Crippen LogP contribution in [0.3, 0.4) is 0 Å². The third kappa shape index (κ3) is 2.59. The van der Waals surface area contributed by atoms with Gasteiger partial charge in [0.15, 0.2) is 0 Å². The molecule has 0 saturated heterocycles. The summed E-state index contributed by atoms with van der Waals surface area (Å²) in [7, 11) is 0. The molecule has 4 fully saturated rings. The molecule has 0 aliphatic heterocycles. The van der Waals surface area contributed by atoms with E-state index in [0.29, 0.717) is 22.5 Å². The zero-order valence-electron chi connectivity index (χ0n) is 21.7. The molecule has 0 unspecified atom stereocenters. The third-order valence-electron chi connectivity index (χ3n) is 12.7. The van der Waals surface area contributed by atoms with Crippen molar-refractivity contribution in [2.24, 2.45) is 56.7 Å². The number of fused-ring (bicyclic) bond motifs is 7. The predicted molar refractivity (Wildman–Crippen MR) is 130 cm³/mol. The summed E-state index contributed by atoms with van der Waals surface area (Å²) in [6, 6.07) is 0. The molecule has 0 N–H and O–H groups in total. The topological polar surface area (TPSA) is 17.1 Å². The van der Waals surface area contributed by atoms with Crippen LogP contribution in [-0.2, 0) is 4.79 Å². The Kier molecular flexibility index (Phi) is 4.66. The Balaban J connectivity index is 1.59. The smallest absolute Gasteiger partial charge is 0.137 e. The molecule has 174 valence electrons. The van der Waals surface area contributed by atoms with Crippen molar-refractivity contribution in [2.75, 3.05) is 0 Å². The summed E-state index contributed by atoms with van der Waals surface area (Å²) in [6.07, 6.45) is 14.0. The van der Waals surface area contributed by atoms with Gasteiger partial charge in [0.2, 0.25) is 0 Å². The first-order chi connectivity index (χ1) is 14.3. The molecule has 1 nitrogen and oxygen atoms in total. The molecule has 0 aromatic heterocycles. The van der Waals surface area contributed by atoms with E-state index in [2.05, 4.69) is 61.5 Å². The van der Waals surface area contributed by atoms with E-state index >= 15 is 0 Å². The number of allylic oxidation sites excluding steroid dienone is 2. The van der Waals surface area contributed by atoms with Crippen LogP contribution in [0.4, 0.5) is 0 Å². The largest absolute Gasteiger partial charge is 0.299 e. The Bertz CT molecular complexity index is 818. The van der Waals surface area contributed by atoms with Gasteiger partial charge in [-0.1, -0.05) is 73.5 Å². The Hall–Kier alpha value is -0.590. The summed E-state index contributed by atoms with van der Waals surface area (Å²) >= 11 is 0. The third-order valence-corrected chi connectivity index (χ3v) is 12.7. The van der Waals surface area contributed by atoms with E-state index in [9.17, 15) is 4.79 Å². The normalized spacial score (nSPS) is 53.3. The van der Waals surface area contributed by atoms with Crippen molar-refractivity contribution in [3.05, 3.63) is 11.6 Å². The summed E-state index contributed by atoms with van der Waals surface area (Å²) < 4.78 is 0. The fourth-order valence-electron chi connectivity index (χ4n) is 11.2. The first-order valence-electron chi connectivity index (χ1n) is 13.5. The lowest BCUT2D eigenvalue weighted by molar-refractivity contribution is -0.165. The number of ketones is 1. The Labute approximate surface area is 192 Å². The number of hydrogen-bond acceptors (Lipinski definition) is 1. The van der Waals surface area contributed by atoms with Crippen LogP contribution in [-0.4, -0.2) is 5.78 Å². The molecule has 0 amide bonds. The van der Waals surface area contributed by atoms with E-state index in [4.69, 9.17) is 0 Å². The van der Waals surface area contributed by atoms with Gasteiger partial charge in [-0.15, -0.1) is 0 Å². The summed E-state index contributed by atoms with van der Waals surface area (Å²) in [5.41, 5.74) is 3.07. The van der Waals surface area contributed by atoms with E-state index in [0.717, 1.165) is 24.2 Å². The number of Topliss-reactive ketones (excluding diaryl/α,β-unsaturated/α-hetero) is 1. The molecule has 0 aromatic carbocycles. The van der Waals surface area contributed by atoms with Gasteiger partial charge in [0.05, 0.1) is 0 Å². The summed E-state index contributed by atoms with van der Waals surface area (Å²) in [5.74, 6) is 3.79. The fourth-order valence-corrected chi connectivity index (χ4v) is 11.2. The highest BCUT2D eigenvalue weighted by Gasteiger charge is 2.69. The van der Waals surface area contributed by atoms with Crippen LogP contribution >= 0.6 is 0 Å². The number of hydrogen-bond donors (Lipinski definition) is 0. The molecule has 0 spiro atoms. The Morgan fingerprint density at radius 3 is 2.29 bits per heavy atom. The molecule has 0 aromatic rings. The minimum Gasteiger partial charge on any atom is -0.299 e. The van der Waals surface area contributed by atoms with Gasteiger partial charge in [0.25, 0.3) is 0 Å². The first-order valence-corrected chi connectivity index (χ1v) is 13.5. The van der Waals surface area contributed by atoms with Crippen LogP contribution in [0.2, 0.25) is 0 Å². The lowest BCUT2D eigenvalue weighted by Gasteiger charge is -2.68. The molecular formula is C30H48O. The van der Waals surface area contributed by atoms with E-state index in [1.807, 2.05) is 0 Å². The molecule has 0 heterocycles. The second-order valence-corrected chi connectivity index (χ2v) is 14.6. The number of carbonyl (C=O) groups excluding carboxylic acids is 1. The Morgan fingerprint density at radius 2 is 1.61 bits per heavy atom. The molecule has 1 heteroatoms. The van der Waals surface area contributed by atoms with Crippen LogP contribution < -0.4 is 0 Å². The standard InChI is InChI=1S/C30H48O/c1-19(2)20-10-11-24-27(20,5)16-17-29(7)22-18-23(31)25-26(3,4)13-9-14-28(25,6)21(22)12-15-30(24,29)8/h12,19-20,22,24-25H,9-11,13-18H2,1-8H3/t20-,22+,24-,25+,27-,28-,29-,30+/m1/s1. The van der Waals surface area contributed by atoms with Gasteiger partial charge in [-0.05, 0) is 95.7 Å². The van der Waals surface area contributed by atoms with Crippen molar-refractivity contribution >= 4 is 5.78 Å². The van der Waals surface area contributed by atoms with Gasteiger partial charge in [-0.25, -0.2) is 0 Å². The predicted octanol–water partition coefficient (Wildman–Crippen LogP) is 8.23. The second kappa shape index (κ2) is 6.50. The van der Waals surface area contributed by atoms with Gasteiger partial charge in [0.1, 0.15) is 5.78 Å². The van der Waals surface area contributed by atoms with E-state index in [-0.39, 0.29) is 22.2 Å². The number of rotatable bonds is 1. The zero-order chi connectivity index (χ0) is 22.6. The minimum absolute atomic E-state index is 0.100. The highest BCUT2D eigenvalue weighted by Crippen LogP contribution is 2.75. The van der Waals surface area contributed by atoms with Gasteiger partial charge >= 0.3 is 0 Å². The maximum atomic E-state index is 13.8. The van der Waals surface area contributed by atoms with Crippen LogP contribution in [0.5, 0.6) is 0 Å². The average molecular weight is 425 g/mol.